The van der Waals surface area contributed by atoms with E-state index in [4.69, 9.17) is 37.0 Å². The summed E-state index contributed by atoms with van der Waals surface area (Å²) in [5.41, 5.74) is 0. The maximum Gasteiger partial charge on any atom is 0.472 e. The van der Waals surface area contributed by atoms with Crippen molar-refractivity contribution in [1.29, 1.82) is 0 Å². The summed E-state index contributed by atoms with van der Waals surface area (Å²) in [5.74, 6) is -2.26. The second-order valence-corrected chi connectivity index (χ2v) is 27.0. The first kappa shape index (κ1) is 91.5. The summed E-state index contributed by atoms with van der Waals surface area (Å²) in [4.78, 5) is 72.7. The minimum atomic E-state index is -4.99. The van der Waals surface area contributed by atoms with E-state index in [1.54, 1.807) is 0 Å². The minimum Gasteiger partial charge on any atom is -0.462 e. The molecule has 0 aromatic rings. The fourth-order valence-electron chi connectivity index (χ4n) is 9.42. The molecule has 17 nitrogen and oxygen atoms in total. The molecule has 0 bridgehead atoms. The molecule has 0 aliphatic rings. The number of rotatable bonds is 68. The monoisotopic (exact) mass is 1390 g/mol. The lowest BCUT2D eigenvalue weighted by molar-refractivity contribution is -0.161. The third kappa shape index (κ3) is 68.0. The fraction of sp³-hybridized carbons (Fsp3) is 0.688. The Hall–Kier alpha value is -4.54. The SMILES string of the molecule is CC/C=C\C/C=C\C/C=C\C/C=C\CCCCC(=O)OCC(COP(=O)(O)OCC(O)COP(=O)(O)OCC(COC(=O)CCCCCCC/C=C\C/C=C\C/C=C\CC)OC(=O)CCCCCCCCCCCCC)OC(=O)CCCCCCC/C=C\C/C=C\C/C=C\CC. The van der Waals surface area contributed by atoms with Crippen molar-refractivity contribution in [3.63, 3.8) is 0 Å². The van der Waals surface area contributed by atoms with Crippen molar-refractivity contribution in [2.24, 2.45) is 0 Å². The van der Waals surface area contributed by atoms with Crippen molar-refractivity contribution in [3.8, 4) is 0 Å². The lowest BCUT2D eigenvalue weighted by atomic mass is 10.1. The summed E-state index contributed by atoms with van der Waals surface area (Å²) in [6.07, 6.45) is 73.5. The van der Waals surface area contributed by atoms with E-state index in [2.05, 4.69) is 149 Å². The molecule has 0 aliphatic heterocycles. The number of unbranched alkanes of at least 4 members (excludes halogenated alkanes) is 22. The predicted octanol–water partition coefficient (Wildman–Crippen LogP) is 20.8. The highest BCUT2D eigenvalue weighted by molar-refractivity contribution is 7.47. The van der Waals surface area contributed by atoms with Gasteiger partial charge in [-0.05, 0) is 128 Å². The number of esters is 4. The van der Waals surface area contributed by atoms with Gasteiger partial charge in [-0.15, -0.1) is 0 Å². The molecule has 5 atom stereocenters. The van der Waals surface area contributed by atoms with Crippen LogP contribution in [0.3, 0.4) is 0 Å². The van der Waals surface area contributed by atoms with Gasteiger partial charge in [0.25, 0.3) is 0 Å². The van der Waals surface area contributed by atoms with Gasteiger partial charge in [-0.3, -0.25) is 37.3 Å². The Kier molecular flexibility index (Phi) is 65.7. The standard InChI is InChI=1S/C77H130O17P2/c1-5-9-13-17-21-25-29-32-35-38-42-45-49-53-57-61-74(79)87-67-72(93-76(81)63-59-55-51-47-41-28-24-20-16-12-8-4)69-91-95(83,84)89-65-71(78)66-90-96(85,86)92-70-73(94-77(82)64-60-56-52-48-44-40-37-34-31-27-23-19-15-11-7-3)68-88-75(80)62-58-54-50-46-43-39-36-33-30-26-22-18-14-10-6-2/h9-11,13-15,21-23,25-27,32-37,43,46,71-73,78H,5-8,12,16-20,24,28-31,38-42,44-45,47-70H2,1-4H3,(H,83,84)(H,85,86)/b13-9-,14-10-,15-11-,25-21-,26-22-,27-23-,35-32-,36-33-,37-34-,46-43-. The molecule has 0 saturated heterocycles. The van der Waals surface area contributed by atoms with Crippen LogP contribution in [-0.2, 0) is 65.4 Å². The van der Waals surface area contributed by atoms with Crippen LogP contribution in [0.25, 0.3) is 0 Å². The number of ether oxygens (including phenoxy) is 4. The minimum absolute atomic E-state index is 0.0638. The van der Waals surface area contributed by atoms with E-state index in [1.165, 1.54) is 38.5 Å². The molecule has 19 heteroatoms. The molecule has 0 aliphatic carbocycles. The molecule has 0 aromatic carbocycles. The smallest absolute Gasteiger partial charge is 0.462 e. The fourth-order valence-corrected chi connectivity index (χ4v) is 11.0. The molecule has 3 N–H and O–H groups in total. The van der Waals surface area contributed by atoms with Crippen LogP contribution in [0.15, 0.2) is 122 Å². The van der Waals surface area contributed by atoms with Gasteiger partial charge in [0, 0.05) is 25.7 Å². The molecule has 0 radical (unpaired) electrons. The first-order valence-electron chi connectivity index (χ1n) is 36.8. The van der Waals surface area contributed by atoms with Gasteiger partial charge in [-0.1, -0.05) is 252 Å². The zero-order valence-electron chi connectivity index (χ0n) is 59.8. The number of carbonyl (C=O) groups is 4. The molecule has 5 unspecified atom stereocenters. The van der Waals surface area contributed by atoms with E-state index < -0.39 is 97.5 Å². The summed E-state index contributed by atoms with van der Waals surface area (Å²) in [6, 6.07) is 0. The zero-order chi connectivity index (χ0) is 70.4. The summed E-state index contributed by atoms with van der Waals surface area (Å²) in [7, 11) is -9.96. The van der Waals surface area contributed by atoms with Crippen molar-refractivity contribution >= 4 is 39.5 Å². The Morgan fingerprint density at radius 1 is 0.302 bits per heavy atom. The molecule has 0 amide bonds. The second-order valence-electron chi connectivity index (χ2n) is 24.1. The van der Waals surface area contributed by atoms with Gasteiger partial charge >= 0.3 is 39.5 Å². The van der Waals surface area contributed by atoms with Crippen molar-refractivity contribution in [2.75, 3.05) is 39.6 Å². The maximum atomic E-state index is 13.1. The Morgan fingerprint density at radius 3 is 0.854 bits per heavy atom. The van der Waals surface area contributed by atoms with E-state index >= 15 is 0 Å². The Balaban J connectivity index is 5.39. The first-order valence-corrected chi connectivity index (χ1v) is 39.8. The van der Waals surface area contributed by atoms with E-state index in [9.17, 15) is 43.2 Å². The molecule has 0 heterocycles. The van der Waals surface area contributed by atoms with E-state index in [-0.39, 0.29) is 25.7 Å². The summed E-state index contributed by atoms with van der Waals surface area (Å²) in [6.45, 7) is 4.43. The molecular formula is C77H130O17P2. The number of aliphatic hydroxyl groups is 1. The van der Waals surface area contributed by atoms with Crippen LogP contribution in [0.2, 0.25) is 0 Å². The number of phosphoric acid groups is 2. The van der Waals surface area contributed by atoms with Gasteiger partial charge in [0.1, 0.15) is 19.3 Å². The van der Waals surface area contributed by atoms with Crippen molar-refractivity contribution in [1.82, 2.24) is 0 Å². The molecule has 0 saturated carbocycles. The molecule has 550 valence electrons. The van der Waals surface area contributed by atoms with E-state index in [0.29, 0.717) is 25.7 Å². The van der Waals surface area contributed by atoms with Crippen LogP contribution < -0.4 is 0 Å². The first-order chi connectivity index (χ1) is 46.7. The van der Waals surface area contributed by atoms with Crippen LogP contribution in [0, 0.1) is 0 Å². The Labute approximate surface area is 581 Å². The number of hydrogen-bond donors (Lipinski definition) is 3. The number of aliphatic hydroxyl groups excluding tert-OH is 1. The van der Waals surface area contributed by atoms with E-state index in [1.807, 2.05) is 0 Å². The highest BCUT2D eigenvalue weighted by Crippen LogP contribution is 2.45. The zero-order valence-corrected chi connectivity index (χ0v) is 61.5. The molecular weight excluding hydrogens is 1260 g/mol. The van der Waals surface area contributed by atoms with E-state index in [0.717, 1.165) is 167 Å². The number of hydrogen-bond acceptors (Lipinski definition) is 15. The molecule has 96 heavy (non-hydrogen) atoms. The second kappa shape index (κ2) is 69.0. The number of phosphoric ester groups is 2. The summed E-state index contributed by atoms with van der Waals surface area (Å²) < 4.78 is 68.3. The van der Waals surface area contributed by atoms with Gasteiger partial charge in [0.2, 0.25) is 0 Å². The average Bonchev–Trinajstić information content (AvgIpc) is 1.09. The van der Waals surface area contributed by atoms with Gasteiger partial charge in [0.15, 0.2) is 12.2 Å². The van der Waals surface area contributed by atoms with Gasteiger partial charge in [0.05, 0.1) is 26.4 Å². The topological polar surface area (TPSA) is 237 Å². The lowest BCUT2D eigenvalue weighted by Gasteiger charge is -2.21. The number of allylic oxidation sites excluding steroid dienone is 20. The highest BCUT2D eigenvalue weighted by Gasteiger charge is 2.30. The van der Waals surface area contributed by atoms with Gasteiger partial charge < -0.3 is 33.8 Å². The van der Waals surface area contributed by atoms with Crippen LogP contribution in [-0.4, -0.2) is 96.7 Å². The van der Waals surface area contributed by atoms with Crippen LogP contribution in [0.1, 0.15) is 285 Å². The van der Waals surface area contributed by atoms with Crippen LogP contribution in [0.5, 0.6) is 0 Å². The van der Waals surface area contributed by atoms with Gasteiger partial charge in [-0.25, -0.2) is 9.13 Å². The molecule has 0 spiro atoms. The average molecular weight is 1390 g/mol. The number of carbonyl (C=O) groups excluding carboxylic acids is 4. The molecule has 0 fully saturated rings. The predicted molar refractivity (Wildman–Crippen MR) is 390 cm³/mol. The normalized spacial score (nSPS) is 14.7. The maximum absolute atomic E-state index is 13.1. The van der Waals surface area contributed by atoms with Crippen molar-refractivity contribution in [3.05, 3.63) is 122 Å². The Bertz CT molecular complexity index is 2300. The molecule has 0 aromatic heterocycles. The quantitative estimate of drug-likeness (QED) is 0.0169. The highest BCUT2D eigenvalue weighted by atomic mass is 31.2. The third-order valence-corrected chi connectivity index (χ3v) is 16.8. The largest absolute Gasteiger partial charge is 0.472 e. The lowest BCUT2D eigenvalue weighted by Crippen LogP contribution is -2.30. The van der Waals surface area contributed by atoms with Crippen molar-refractivity contribution in [2.45, 2.75) is 303 Å². The molecule has 0 rings (SSSR count). The summed E-state index contributed by atoms with van der Waals surface area (Å²) >= 11 is 0. The van der Waals surface area contributed by atoms with Gasteiger partial charge in [-0.2, -0.15) is 0 Å². The van der Waals surface area contributed by atoms with Crippen LogP contribution >= 0.6 is 15.6 Å². The van der Waals surface area contributed by atoms with Crippen LogP contribution in [0.4, 0.5) is 0 Å². The van der Waals surface area contributed by atoms with Crippen molar-refractivity contribution < 1.29 is 80.2 Å². The summed E-state index contributed by atoms with van der Waals surface area (Å²) in [5, 5.41) is 10.6. The third-order valence-electron chi connectivity index (χ3n) is 14.9. The Morgan fingerprint density at radius 2 is 0.542 bits per heavy atom.